The molecule has 0 unspecified atom stereocenters. The highest BCUT2D eigenvalue weighted by molar-refractivity contribution is 5.85. The minimum atomic E-state index is -0.134. The number of carbonyl (C=O) groups excluding carboxylic acids is 1. The van der Waals surface area contributed by atoms with Gasteiger partial charge in [0.15, 0.2) is 0 Å². The smallest absolute Gasteiger partial charge is 0.150 e. The second-order valence-corrected chi connectivity index (χ2v) is 9.87. The molecule has 3 saturated carbocycles. The average Bonchev–Trinajstić information content (AvgIpc) is 3.06. The third-order valence-corrected chi connectivity index (χ3v) is 7.95. The number of imidazole rings is 1. The van der Waals surface area contributed by atoms with Crippen LogP contribution in [0.5, 0.6) is 11.5 Å². The van der Waals surface area contributed by atoms with Gasteiger partial charge < -0.3 is 15.3 Å². The third-order valence-electron chi connectivity index (χ3n) is 7.95. The van der Waals surface area contributed by atoms with Gasteiger partial charge in [0.05, 0.1) is 0 Å². The Hall–Kier alpha value is -3.67. The first-order valence-electron chi connectivity index (χ1n) is 12.0. The Balaban J connectivity index is 1.41. The maximum absolute atomic E-state index is 11.9. The highest BCUT2D eigenvalue weighted by Gasteiger charge is 2.48. The van der Waals surface area contributed by atoms with Gasteiger partial charge in [-0.15, -0.1) is 0 Å². The van der Waals surface area contributed by atoms with Crippen molar-refractivity contribution in [2.24, 2.45) is 5.41 Å². The van der Waals surface area contributed by atoms with Gasteiger partial charge in [0.2, 0.25) is 0 Å². The number of nitrogens with two attached hydrogens (primary N) is 1. The number of carbonyl (C=O) groups is 1. The molecule has 3 aliphatic rings. The van der Waals surface area contributed by atoms with Crippen LogP contribution in [0.2, 0.25) is 0 Å². The van der Waals surface area contributed by atoms with Crippen molar-refractivity contribution in [3.8, 4) is 22.8 Å². The molecule has 2 aromatic heterocycles. The zero-order valence-electron chi connectivity index (χ0n) is 19.1. The van der Waals surface area contributed by atoms with E-state index in [1.165, 1.54) is 6.29 Å². The molecule has 2 bridgehead atoms. The maximum Gasteiger partial charge on any atom is 0.150 e. The van der Waals surface area contributed by atoms with E-state index in [1.807, 2.05) is 60.8 Å². The molecule has 4 aromatic rings. The van der Waals surface area contributed by atoms with Gasteiger partial charge in [-0.2, -0.15) is 0 Å². The van der Waals surface area contributed by atoms with Gasteiger partial charge in [-0.05, 0) is 74.9 Å². The monoisotopic (exact) mass is 452 g/mol. The fraction of sp³-hybridized carbons (Fsp3) is 0.321. The number of ether oxygens (including phenoxy) is 1. The largest absolute Gasteiger partial charge is 0.457 e. The van der Waals surface area contributed by atoms with E-state index in [-0.39, 0.29) is 10.8 Å². The van der Waals surface area contributed by atoms with Crippen molar-refractivity contribution in [3.05, 3.63) is 72.8 Å². The van der Waals surface area contributed by atoms with E-state index in [2.05, 4.69) is 9.38 Å². The van der Waals surface area contributed by atoms with Gasteiger partial charge in [0.25, 0.3) is 0 Å². The van der Waals surface area contributed by atoms with Crippen LogP contribution >= 0.6 is 0 Å². The van der Waals surface area contributed by atoms with Gasteiger partial charge in [0.1, 0.15) is 40.6 Å². The number of nitrogen functional groups attached to an aromatic ring is 1. The molecule has 2 N–H and O–H groups in total. The lowest BCUT2D eigenvalue weighted by Gasteiger charge is -2.39. The summed E-state index contributed by atoms with van der Waals surface area (Å²) in [5, 5.41) is 0. The fourth-order valence-corrected chi connectivity index (χ4v) is 5.96. The number of aromatic nitrogens is 3. The number of benzene rings is 2. The first-order valence-corrected chi connectivity index (χ1v) is 12.0. The van der Waals surface area contributed by atoms with Crippen LogP contribution in [0.3, 0.4) is 0 Å². The predicted molar refractivity (Wildman–Crippen MR) is 132 cm³/mol. The van der Waals surface area contributed by atoms with Gasteiger partial charge >= 0.3 is 0 Å². The summed E-state index contributed by atoms with van der Waals surface area (Å²) in [6, 6.07) is 17.7. The zero-order chi connectivity index (χ0) is 23.2. The Morgan fingerprint density at radius 3 is 2.38 bits per heavy atom. The van der Waals surface area contributed by atoms with Crippen LogP contribution in [0.25, 0.3) is 16.8 Å². The molecule has 2 heterocycles. The average molecular weight is 453 g/mol. The highest BCUT2D eigenvalue weighted by atomic mass is 16.5. The van der Waals surface area contributed by atoms with Crippen molar-refractivity contribution < 1.29 is 9.53 Å². The van der Waals surface area contributed by atoms with E-state index >= 15 is 0 Å². The van der Waals surface area contributed by atoms with Crippen LogP contribution in [0.1, 0.15) is 50.8 Å². The molecular weight excluding hydrogens is 424 g/mol. The summed E-state index contributed by atoms with van der Waals surface area (Å²) in [6.45, 7) is 0. The van der Waals surface area contributed by atoms with E-state index < -0.39 is 0 Å². The van der Waals surface area contributed by atoms with Crippen molar-refractivity contribution in [1.82, 2.24) is 14.4 Å². The van der Waals surface area contributed by atoms with Crippen molar-refractivity contribution in [2.75, 3.05) is 5.73 Å². The molecule has 0 aliphatic heterocycles. The van der Waals surface area contributed by atoms with Crippen molar-refractivity contribution in [2.45, 2.75) is 50.4 Å². The number of aldehydes is 1. The first kappa shape index (κ1) is 20.9. The molecule has 0 saturated heterocycles. The Morgan fingerprint density at radius 2 is 1.65 bits per heavy atom. The summed E-state index contributed by atoms with van der Waals surface area (Å²) in [5.41, 5.74) is 8.90. The van der Waals surface area contributed by atoms with Crippen molar-refractivity contribution >= 4 is 17.6 Å². The van der Waals surface area contributed by atoms with E-state index in [4.69, 9.17) is 15.5 Å². The Morgan fingerprint density at radius 1 is 0.912 bits per heavy atom. The molecule has 34 heavy (non-hydrogen) atoms. The molecule has 6 nitrogen and oxygen atoms in total. The molecule has 6 heteroatoms. The second kappa shape index (κ2) is 7.97. The van der Waals surface area contributed by atoms with Crippen LogP contribution in [0, 0.1) is 5.41 Å². The molecule has 0 amide bonds. The summed E-state index contributed by atoms with van der Waals surface area (Å²) in [4.78, 5) is 21.5. The molecule has 3 fully saturated rings. The van der Waals surface area contributed by atoms with Crippen LogP contribution in [0.4, 0.5) is 5.82 Å². The standard InChI is InChI=1S/C28H28N4O2/c29-25-24-23(20-7-9-22(10-8-20)34-21-5-2-1-3-6-21)31-26(32(24)18-17-30-25)28-12-4-11-27(19-33,13-15-28)14-16-28/h1-3,5-10,17-19H,4,11-16H2,(H2,29,30). The normalized spacial score (nSPS) is 24.1. The minimum absolute atomic E-state index is 0.0334. The summed E-state index contributed by atoms with van der Waals surface area (Å²) in [7, 11) is 0. The van der Waals surface area contributed by atoms with Crippen LogP contribution in [-0.4, -0.2) is 20.7 Å². The minimum Gasteiger partial charge on any atom is -0.457 e. The first-order chi connectivity index (χ1) is 16.6. The maximum atomic E-state index is 11.9. The van der Waals surface area contributed by atoms with Gasteiger partial charge in [-0.25, -0.2) is 9.97 Å². The van der Waals surface area contributed by atoms with Crippen molar-refractivity contribution in [3.63, 3.8) is 0 Å². The molecule has 2 aromatic carbocycles. The van der Waals surface area contributed by atoms with Gasteiger partial charge in [-0.1, -0.05) is 24.6 Å². The number of hydrogen-bond acceptors (Lipinski definition) is 5. The number of hydrogen-bond donors (Lipinski definition) is 1. The van der Waals surface area contributed by atoms with E-state index in [0.717, 1.165) is 79.0 Å². The molecule has 172 valence electrons. The highest BCUT2D eigenvalue weighted by Crippen LogP contribution is 2.54. The summed E-state index contributed by atoms with van der Waals surface area (Å²) < 4.78 is 8.11. The van der Waals surface area contributed by atoms with Crippen LogP contribution < -0.4 is 10.5 Å². The summed E-state index contributed by atoms with van der Waals surface area (Å²) >= 11 is 0. The Labute approximate surface area is 198 Å². The lowest BCUT2D eigenvalue weighted by molar-refractivity contribution is -0.118. The third kappa shape index (κ3) is 3.36. The molecule has 0 radical (unpaired) electrons. The lowest BCUT2D eigenvalue weighted by Crippen LogP contribution is -2.36. The number of anilines is 1. The second-order valence-electron chi connectivity index (χ2n) is 9.87. The fourth-order valence-electron chi connectivity index (χ4n) is 5.96. The molecule has 0 atom stereocenters. The molecule has 0 spiro atoms. The number of para-hydroxylation sites is 1. The molecular formula is C28H28N4O2. The number of rotatable bonds is 5. The van der Waals surface area contributed by atoms with Crippen LogP contribution in [0.15, 0.2) is 67.0 Å². The quantitative estimate of drug-likeness (QED) is 0.378. The Bertz CT molecular complexity index is 1340. The van der Waals surface area contributed by atoms with Gasteiger partial charge in [0, 0.05) is 28.8 Å². The van der Waals surface area contributed by atoms with E-state index in [1.54, 1.807) is 6.20 Å². The lowest BCUT2D eigenvalue weighted by atomic mass is 9.65. The van der Waals surface area contributed by atoms with E-state index in [0.29, 0.717) is 5.82 Å². The number of fused-ring (bicyclic) bond motifs is 5. The zero-order valence-corrected chi connectivity index (χ0v) is 19.1. The van der Waals surface area contributed by atoms with E-state index in [9.17, 15) is 4.79 Å². The molecule has 3 aliphatic carbocycles. The van der Waals surface area contributed by atoms with Crippen molar-refractivity contribution in [1.29, 1.82) is 0 Å². The topological polar surface area (TPSA) is 82.5 Å². The van der Waals surface area contributed by atoms with Crippen LogP contribution in [-0.2, 0) is 10.2 Å². The SMILES string of the molecule is Nc1nccn2c(C34CCCC(C=O)(CC3)CC4)nc(-c3ccc(Oc4ccccc4)cc3)c12. The predicted octanol–water partition coefficient (Wildman–Crippen LogP) is 5.95. The number of nitrogens with zero attached hydrogens (tertiary/aromatic N) is 3. The summed E-state index contributed by atoms with van der Waals surface area (Å²) in [5.74, 6) is 3.10. The molecule has 7 rings (SSSR count). The summed E-state index contributed by atoms with van der Waals surface area (Å²) in [6.07, 6.45) is 11.9. The Kier molecular flexibility index (Phi) is 4.90. The van der Waals surface area contributed by atoms with Gasteiger partial charge in [-0.3, -0.25) is 4.40 Å².